The summed E-state index contributed by atoms with van der Waals surface area (Å²) < 4.78 is 7.24. The molecule has 3 aromatic rings. The Morgan fingerprint density at radius 2 is 1.81 bits per heavy atom. The Morgan fingerprint density at radius 3 is 2.55 bits per heavy atom. The van der Waals surface area contributed by atoms with Crippen molar-refractivity contribution < 1.29 is 14.3 Å². The second-order valence-corrected chi connectivity index (χ2v) is 7.35. The molecule has 1 aliphatic heterocycles. The van der Waals surface area contributed by atoms with Crippen molar-refractivity contribution in [2.75, 3.05) is 43.0 Å². The number of nitrogens with one attached hydrogen (secondary N) is 1. The first-order valence-electron chi connectivity index (χ1n) is 10.6. The third-order valence-corrected chi connectivity index (χ3v) is 5.43. The number of carbonyl (C=O) groups excluding carboxylic acids is 2. The molecule has 162 valence electrons. The average molecular weight is 422 g/mol. The van der Waals surface area contributed by atoms with Gasteiger partial charge in [-0.25, -0.2) is 14.6 Å². The van der Waals surface area contributed by atoms with Gasteiger partial charge in [0.1, 0.15) is 0 Å². The van der Waals surface area contributed by atoms with Gasteiger partial charge in [-0.3, -0.25) is 0 Å². The number of aryl methyl sites for hydroxylation is 1. The summed E-state index contributed by atoms with van der Waals surface area (Å²) in [4.78, 5) is 33.5. The zero-order chi connectivity index (χ0) is 21.8. The van der Waals surface area contributed by atoms with E-state index in [0.717, 1.165) is 23.5 Å². The number of hydrogen-bond donors (Lipinski definition) is 1. The van der Waals surface area contributed by atoms with Crippen LogP contribution >= 0.6 is 0 Å². The summed E-state index contributed by atoms with van der Waals surface area (Å²) in [6.45, 7) is 7.63. The van der Waals surface area contributed by atoms with Crippen LogP contribution in [0.5, 0.6) is 0 Å². The third-order valence-electron chi connectivity index (χ3n) is 5.43. The molecule has 0 atom stereocenters. The van der Waals surface area contributed by atoms with E-state index in [9.17, 15) is 9.59 Å². The molecule has 0 radical (unpaired) electrons. The van der Waals surface area contributed by atoms with Crippen LogP contribution in [0.15, 0.2) is 48.5 Å². The molecule has 0 aliphatic carbocycles. The Hall–Kier alpha value is -3.55. The van der Waals surface area contributed by atoms with Crippen LogP contribution in [0.4, 0.5) is 16.4 Å². The number of rotatable bonds is 5. The van der Waals surface area contributed by atoms with Crippen molar-refractivity contribution in [1.29, 1.82) is 0 Å². The molecular formula is C23H27N5O3. The highest BCUT2D eigenvalue weighted by Gasteiger charge is 2.24. The van der Waals surface area contributed by atoms with Crippen molar-refractivity contribution in [2.24, 2.45) is 0 Å². The predicted molar refractivity (Wildman–Crippen MR) is 121 cm³/mol. The minimum Gasteiger partial charge on any atom is -0.462 e. The smallest absolute Gasteiger partial charge is 0.338 e. The molecule has 1 N–H and O–H groups in total. The molecule has 8 heteroatoms. The molecule has 0 saturated carbocycles. The van der Waals surface area contributed by atoms with E-state index < -0.39 is 5.97 Å². The van der Waals surface area contributed by atoms with Crippen LogP contribution in [0.2, 0.25) is 0 Å². The van der Waals surface area contributed by atoms with Crippen LogP contribution in [0.3, 0.4) is 0 Å². The summed E-state index contributed by atoms with van der Waals surface area (Å²) in [5, 5.41) is 2.89. The molecule has 2 amide bonds. The number of ether oxygens (including phenoxy) is 1. The quantitative estimate of drug-likeness (QED) is 0.637. The summed E-state index contributed by atoms with van der Waals surface area (Å²) >= 11 is 0. The number of piperazine rings is 1. The topological polar surface area (TPSA) is 79.7 Å². The second kappa shape index (κ2) is 9.07. The number of hydrogen-bond acceptors (Lipinski definition) is 5. The van der Waals surface area contributed by atoms with Gasteiger partial charge in [-0.15, -0.1) is 0 Å². The Kier molecular flexibility index (Phi) is 6.06. The van der Waals surface area contributed by atoms with Gasteiger partial charge in [-0.05, 0) is 44.2 Å². The van der Waals surface area contributed by atoms with Gasteiger partial charge in [-0.2, -0.15) is 0 Å². The summed E-state index contributed by atoms with van der Waals surface area (Å²) in [7, 11) is 0. The Balaban J connectivity index is 1.40. The van der Waals surface area contributed by atoms with Gasteiger partial charge < -0.3 is 24.4 Å². The van der Waals surface area contributed by atoms with Gasteiger partial charge in [0.2, 0.25) is 5.95 Å². The number of carbonyl (C=O) groups is 2. The molecule has 0 bridgehead atoms. The number of urea groups is 1. The largest absolute Gasteiger partial charge is 0.462 e. The second-order valence-electron chi connectivity index (χ2n) is 7.35. The van der Waals surface area contributed by atoms with Gasteiger partial charge in [0, 0.05) is 38.4 Å². The lowest BCUT2D eigenvalue weighted by Gasteiger charge is -2.35. The van der Waals surface area contributed by atoms with Gasteiger partial charge in [0.15, 0.2) is 0 Å². The van der Waals surface area contributed by atoms with E-state index in [0.29, 0.717) is 44.0 Å². The first-order valence-corrected chi connectivity index (χ1v) is 10.6. The standard InChI is InChI=1S/C23H27N5O3/c1-3-28-20-11-6-5-10-19(20)25-22(28)26-12-14-27(15-13-26)23(30)24-18-9-7-8-17(16-18)21(29)31-4-2/h5-11,16H,3-4,12-15H2,1-2H3,(H,24,30). The first kappa shape index (κ1) is 20.7. The van der Waals surface area contributed by atoms with Crippen molar-refractivity contribution in [3.63, 3.8) is 0 Å². The van der Waals surface area contributed by atoms with Crippen LogP contribution in [-0.2, 0) is 11.3 Å². The molecule has 1 aliphatic rings. The van der Waals surface area contributed by atoms with Crippen molar-refractivity contribution in [3.05, 3.63) is 54.1 Å². The zero-order valence-electron chi connectivity index (χ0n) is 17.9. The van der Waals surface area contributed by atoms with E-state index >= 15 is 0 Å². The van der Waals surface area contributed by atoms with Crippen LogP contribution in [0.1, 0.15) is 24.2 Å². The summed E-state index contributed by atoms with van der Waals surface area (Å²) in [5.41, 5.74) is 3.11. The Bertz CT molecular complexity index is 1090. The van der Waals surface area contributed by atoms with Crippen molar-refractivity contribution >= 4 is 34.7 Å². The fourth-order valence-corrected chi connectivity index (χ4v) is 3.87. The van der Waals surface area contributed by atoms with Gasteiger partial charge in [-0.1, -0.05) is 18.2 Å². The maximum absolute atomic E-state index is 12.7. The molecule has 8 nitrogen and oxygen atoms in total. The zero-order valence-corrected chi connectivity index (χ0v) is 17.9. The first-order chi connectivity index (χ1) is 15.1. The third kappa shape index (κ3) is 4.33. The number of benzene rings is 2. The van der Waals surface area contributed by atoms with Crippen LogP contribution in [0.25, 0.3) is 11.0 Å². The number of fused-ring (bicyclic) bond motifs is 1. The molecule has 2 heterocycles. The van der Waals surface area contributed by atoms with Gasteiger partial charge >= 0.3 is 12.0 Å². The van der Waals surface area contributed by atoms with Crippen LogP contribution in [0, 0.1) is 0 Å². The molecule has 4 rings (SSSR count). The van der Waals surface area contributed by atoms with Gasteiger partial charge in [0.25, 0.3) is 0 Å². The number of aromatic nitrogens is 2. The van der Waals surface area contributed by atoms with E-state index in [2.05, 4.69) is 27.8 Å². The molecule has 0 unspecified atom stereocenters. The highest BCUT2D eigenvalue weighted by Crippen LogP contribution is 2.23. The molecule has 1 aromatic heterocycles. The number of anilines is 2. The van der Waals surface area contributed by atoms with Crippen LogP contribution in [-0.4, -0.2) is 59.2 Å². The van der Waals surface area contributed by atoms with Crippen LogP contribution < -0.4 is 10.2 Å². The lowest BCUT2D eigenvalue weighted by atomic mass is 10.2. The SMILES string of the molecule is CCOC(=O)c1cccc(NC(=O)N2CCN(c3nc4ccccc4n3CC)CC2)c1. The Morgan fingerprint density at radius 1 is 1.03 bits per heavy atom. The fourth-order valence-electron chi connectivity index (χ4n) is 3.87. The summed E-state index contributed by atoms with van der Waals surface area (Å²) in [6, 6.07) is 14.8. The highest BCUT2D eigenvalue weighted by atomic mass is 16.5. The van der Waals surface area contributed by atoms with E-state index in [1.165, 1.54) is 0 Å². The molecule has 31 heavy (non-hydrogen) atoms. The van der Waals surface area contributed by atoms with Crippen molar-refractivity contribution in [3.8, 4) is 0 Å². The number of nitrogens with zero attached hydrogens (tertiary/aromatic N) is 4. The highest BCUT2D eigenvalue weighted by molar-refractivity contribution is 5.94. The number of para-hydroxylation sites is 2. The van der Waals surface area contributed by atoms with E-state index in [1.54, 1.807) is 36.1 Å². The summed E-state index contributed by atoms with van der Waals surface area (Å²) in [6.07, 6.45) is 0. The molecule has 1 fully saturated rings. The summed E-state index contributed by atoms with van der Waals surface area (Å²) in [5.74, 6) is 0.553. The lowest BCUT2D eigenvalue weighted by molar-refractivity contribution is 0.0526. The predicted octanol–water partition coefficient (Wildman–Crippen LogP) is 3.59. The minimum absolute atomic E-state index is 0.176. The van der Waals surface area contributed by atoms with Gasteiger partial charge in [0.05, 0.1) is 23.2 Å². The number of amides is 2. The maximum atomic E-state index is 12.7. The number of imidazole rings is 1. The van der Waals surface area contributed by atoms with Crippen molar-refractivity contribution in [2.45, 2.75) is 20.4 Å². The lowest BCUT2D eigenvalue weighted by Crippen LogP contribution is -2.50. The molecule has 0 spiro atoms. The minimum atomic E-state index is -0.397. The molecule has 1 saturated heterocycles. The molecule has 2 aromatic carbocycles. The Labute approximate surface area is 181 Å². The van der Waals surface area contributed by atoms with E-state index in [-0.39, 0.29) is 6.03 Å². The fraction of sp³-hybridized carbons (Fsp3) is 0.348. The van der Waals surface area contributed by atoms with Crippen molar-refractivity contribution in [1.82, 2.24) is 14.5 Å². The number of esters is 1. The van der Waals surface area contributed by atoms with E-state index in [4.69, 9.17) is 9.72 Å². The monoisotopic (exact) mass is 421 g/mol. The normalized spacial score (nSPS) is 14.0. The molecular weight excluding hydrogens is 394 g/mol. The average Bonchev–Trinajstić information content (AvgIpc) is 3.18. The maximum Gasteiger partial charge on any atom is 0.338 e. The van der Waals surface area contributed by atoms with E-state index in [1.807, 2.05) is 18.2 Å².